The summed E-state index contributed by atoms with van der Waals surface area (Å²) in [4.78, 5) is 0. The summed E-state index contributed by atoms with van der Waals surface area (Å²) in [7, 11) is 0. The van der Waals surface area contributed by atoms with E-state index in [1.807, 2.05) is 12.1 Å². The first-order valence-electron chi connectivity index (χ1n) is 12.9. The molecule has 0 aliphatic heterocycles. The van der Waals surface area contributed by atoms with Crippen LogP contribution in [0.2, 0.25) is 0 Å². The van der Waals surface area contributed by atoms with Gasteiger partial charge >= 0.3 is 0 Å². The van der Waals surface area contributed by atoms with Crippen molar-refractivity contribution in [1.29, 1.82) is 0 Å². The molecule has 4 rings (SSSR count). The van der Waals surface area contributed by atoms with Crippen LogP contribution in [0.4, 0.5) is 0 Å². The fraction of sp³-hybridized carbons (Fsp3) is 0.419. The van der Waals surface area contributed by atoms with Crippen LogP contribution in [-0.4, -0.2) is 15.3 Å². The van der Waals surface area contributed by atoms with E-state index in [1.54, 1.807) is 12.1 Å². The highest BCUT2D eigenvalue weighted by molar-refractivity contribution is 5.48. The Hall–Kier alpha value is -2.94. The van der Waals surface area contributed by atoms with Crippen molar-refractivity contribution in [2.45, 2.75) is 77.0 Å². The van der Waals surface area contributed by atoms with Crippen molar-refractivity contribution < 1.29 is 15.3 Å². The second-order valence-corrected chi connectivity index (χ2v) is 9.92. The van der Waals surface area contributed by atoms with Crippen LogP contribution < -0.4 is 0 Å². The Labute approximate surface area is 204 Å². The van der Waals surface area contributed by atoms with Crippen molar-refractivity contribution in [2.24, 2.45) is 5.92 Å². The maximum atomic E-state index is 10.3. The Morgan fingerprint density at radius 2 is 1.24 bits per heavy atom. The molecule has 180 valence electrons. The Morgan fingerprint density at radius 3 is 1.68 bits per heavy atom. The van der Waals surface area contributed by atoms with E-state index in [4.69, 9.17) is 0 Å². The first-order valence-corrected chi connectivity index (χ1v) is 12.9. The summed E-state index contributed by atoms with van der Waals surface area (Å²) in [5.74, 6) is 2.13. The Balaban J connectivity index is 1.71. The van der Waals surface area contributed by atoms with Gasteiger partial charge in [0, 0.05) is 5.41 Å². The zero-order valence-electron chi connectivity index (χ0n) is 20.7. The molecule has 0 radical (unpaired) electrons. The number of benzene rings is 3. The largest absolute Gasteiger partial charge is 0.508 e. The minimum Gasteiger partial charge on any atom is -0.508 e. The predicted molar refractivity (Wildman–Crippen MR) is 139 cm³/mol. The van der Waals surface area contributed by atoms with Gasteiger partial charge in [-0.05, 0) is 109 Å². The first-order chi connectivity index (χ1) is 16.4. The molecule has 1 saturated carbocycles. The maximum Gasteiger partial charge on any atom is 0.118 e. The summed E-state index contributed by atoms with van der Waals surface area (Å²) in [6.07, 6.45) is 6.98. The molecular formula is C31H38O3. The SMILES string of the molecule is CCc1cc(C2(c3ccc(O)c(CC)c3)CCC(C(CC)c3ccc(O)cc3)CC2)ccc1O. The lowest BCUT2D eigenvalue weighted by atomic mass is 9.60. The molecule has 3 nitrogen and oxygen atoms in total. The van der Waals surface area contributed by atoms with Gasteiger partial charge in [-0.1, -0.05) is 57.2 Å². The molecule has 0 spiro atoms. The maximum absolute atomic E-state index is 10.3. The summed E-state index contributed by atoms with van der Waals surface area (Å²) >= 11 is 0. The summed E-state index contributed by atoms with van der Waals surface area (Å²) in [6, 6.07) is 20.1. The molecule has 3 aromatic carbocycles. The van der Waals surface area contributed by atoms with Crippen LogP contribution in [0.15, 0.2) is 60.7 Å². The van der Waals surface area contributed by atoms with Crippen molar-refractivity contribution in [3.8, 4) is 17.2 Å². The van der Waals surface area contributed by atoms with E-state index in [0.717, 1.165) is 56.1 Å². The number of phenols is 3. The standard InChI is InChI=1S/C31H38O3/c1-4-21-19-25(9-13-29(21)33)31(26-10-14-30(34)22(5-2)20-26)17-15-24(16-18-31)28(6-3)23-7-11-27(32)12-8-23/h7-14,19-20,24,28,32-34H,4-6,15-18H2,1-3H3. The van der Waals surface area contributed by atoms with Crippen molar-refractivity contribution in [2.75, 3.05) is 0 Å². The van der Waals surface area contributed by atoms with Crippen LogP contribution in [0, 0.1) is 5.92 Å². The molecule has 0 aromatic heterocycles. The lowest BCUT2D eigenvalue weighted by Gasteiger charge is -2.44. The average Bonchev–Trinajstić information content (AvgIpc) is 2.86. The van der Waals surface area contributed by atoms with Crippen LogP contribution in [0.5, 0.6) is 17.2 Å². The molecule has 1 unspecified atom stereocenters. The fourth-order valence-electron chi connectivity index (χ4n) is 6.17. The van der Waals surface area contributed by atoms with Gasteiger partial charge in [0.1, 0.15) is 17.2 Å². The Bertz CT molecular complexity index is 1050. The summed E-state index contributed by atoms with van der Waals surface area (Å²) in [5, 5.41) is 30.4. The number of rotatable bonds is 7. The Kier molecular flexibility index (Phi) is 7.21. The number of phenolic OH excluding ortho intramolecular Hbond substituents is 3. The van der Waals surface area contributed by atoms with E-state index in [2.05, 4.69) is 57.2 Å². The van der Waals surface area contributed by atoms with Gasteiger partial charge in [0.05, 0.1) is 0 Å². The molecule has 0 saturated heterocycles. The minimum atomic E-state index is -0.126. The highest BCUT2D eigenvalue weighted by atomic mass is 16.3. The second kappa shape index (κ2) is 10.1. The van der Waals surface area contributed by atoms with Crippen LogP contribution in [0.1, 0.15) is 86.6 Å². The van der Waals surface area contributed by atoms with Gasteiger partial charge < -0.3 is 15.3 Å². The van der Waals surface area contributed by atoms with Crippen LogP contribution >= 0.6 is 0 Å². The van der Waals surface area contributed by atoms with Crippen LogP contribution in [-0.2, 0) is 18.3 Å². The van der Waals surface area contributed by atoms with Gasteiger partial charge in [-0.2, -0.15) is 0 Å². The van der Waals surface area contributed by atoms with E-state index in [-0.39, 0.29) is 5.41 Å². The van der Waals surface area contributed by atoms with Crippen LogP contribution in [0.25, 0.3) is 0 Å². The first kappa shape index (κ1) is 24.2. The molecule has 3 heteroatoms. The van der Waals surface area contributed by atoms with Gasteiger partial charge in [0.15, 0.2) is 0 Å². The molecule has 0 heterocycles. The molecule has 34 heavy (non-hydrogen) atoms. The summed E-state index contributed by atoms with van der Waals surface area (Å²) in [5.41, 5.74) is 5.71. The molecule has 1 fully saturated rings. The average molecular weight is 459 g/mol. The van der Waals surface area contributed by atoms with Crippen molar-refractivity contribution in [3.63, 3.8) is 0 Å². The van der Waals surface area contributed by atoms with Crippen molar-refractivity contribution in [3.05, 3.63) is 88.5 Å². The minimum absolute atomic E-state index is 0.126. The molecule has 0 bridgehead atoms. The smallest absolute Gasteiger partial charge is 0.118 e. The third kappa shape index (κ3) is 4.53. The second-order valence-electron chi connectivity index (χ2n) is 9.92. The van der Waals surface area contributed by atoms with E-state index < -0.39 is 0 Å². The van der Waals surface area contributed by atoms with E-state index in [1.165, 1.54) is 16.7 Å². The van der Waals surface area contributed by atoms with E-state index >= 15 is 0 Å². The van der Waals surface area contributed by atoms with Gasteiger partial charge in [0.2, 0.25) is 0 Å². The lowest BCUT2D eigenvalue weighted by molar-refractivity contribution is 0.231. The van der Waals surface area contributed by atoms with Gasteiger partial charge in [-0.25, -0.2) is 0 Å². The Morgan fingerprint density at radius 1 is 0.735 bits per heavy atom. The molecule has 3 N–H and O–H groups in total. The number of hydrogen-bond donors (Lipinski definition) is 3. The normalized spacial score (nSPS) is 16.9. The molecule has 3 aromatic rings. The number of aromatic hydroxyl groups is 3. The van der Waals surface area contributed by atoms with Gasteiger partial charge in [-0.3, -0.25) is 0 Å². The fourth-order valence-corrected chi connectivity index (χ4v) is 6.17. The molecule has 1 aliphatic carbocycles. The quantitative estimate of drug-likeness (QED) is 0.342. The van der Waals surface area contributed by atoms with Gasteiger partial charge in [-0.15, -0.1) is 0 Å². The monoisotopic (exact) mass is 458 g/mol. The highest BCUT2D eigenvalue weighted by Crippen LogP contribution is 2.51. The topological polar surface area (TPSA) is 60.7 Å². The molecule has 1 aliphatic rings. The third-order valence-corrected chi connectivity index (χ3v) is 8.24. The van der Waals surface area contributed by atoms with Crippen molar-refractivity contribution >= 4 is 0 Å². The van der Waals surface area contributed by atoms with Crippen molar-refractivity contribution in [1.82, 2.24) is 0 Å². The van der Waals surface area contributed by atoms with Crippen LogP contribution in [0.3, 0.4) is 0 Å². The molecule has 0 amide bonds. The zero-order valence-corrected chi connectivity index (χ0v) is 20.7. The molecular weight excluding hydrogens is 420 g/mol. The summed E-state index contributed by atoms with van der Waals surface area (Å²) < 4.78 is 0. The highest BCUT2D eigenvalue weighted by Gasteiger charge is 2.40. The lowest BCUT2D eigenvalue weighted by Crippen LogP contribution is -2.35. The number of hydrogen-bond acceptors (Lipinski definition) is 3. The van der Waals surface area contributed by atoms with Gasteiger partial charge in [0.25, 0.3) is 0 Å². The third-order valence-electron chi connectivity index (χ3n) is 8.24. The van der Waals surface area contributed by atoms with E-state index in [0.29, 0.717) is 29.1 Å². The predicted octanol–water partition coefficient (Wildman–Crippen LogP) is 7.60. The molecule has 1 atom stereocenters. The zero-order chi connectivity index (χ0) is 24.3. The van der Waals surface area contributed by atoms with E-state index in [9.17, 15) is 15.3 Å². The summed E-state index contributed by atoms with van der Waals surface area (Å²) in [6.45, 7) is 6.43. The number of aryl methyl sites for hydroxylation is 2.